The van der Waals surface area contributed by atoms with Crippen molar-refractivity contribution in [3.05, 3.63) is 180 Å². The number of H-pyrrole nitrogens is 2. The summed E-state index contributed by atoms with van der Waals surface area (Å²) in [4.78, 5) is 122. The number of amides is 5. The second-order valence-corrected chi connectivity index (χ2v) is 27.1. The predicted octanol–water partition coefficient (Wildman–Crippen LogP) is 10.5. The van der Waals surface area contributed by atoms with Crippen LogP contribution in [0.15, 0.2) is 152 Å². The molecule has 1 saturated carbocycles. The van der Waals surface area contributed by atoms with E-state index in [1.165, 1.54) is 16.2 Å². The van der Waals surface area contributed by atoms with Gasteiger partial charge in [0.25, 0.3) is 0 Å². The highest BCUT2D eigenvalue weighted by atomic mass is 16.7. The van der Waals surface area contributed by atoms with Gasteiger partial charge in [-0.15, -0.1) is 0 Å². The van der Waals surface area contributed by atoms with Gasteiger partial charge in [-0.3, -0.25) is 28.3 Å². The monoisotopic (exact) mass is 1340 g/mol. The van der Waals surface area contributed by atoms with Gasteiger partial charge in [-0.2, -0.15) is 0 Å². The minimum Gasteiger partial charge on any atom is -0.467 e. The second-order valence-electron chi connectivity index (χ2n) is 27.1. The zero-order valence-electron chi connectivity index (χ0n) is 56.2. The smallest absolute Gasteiger partial charge is 0.419 e. The van der Waals surface area contributed by atoms with Crippen molar-refractivity contribution in [2.75, 3.05) is 20.3 Å². The number of fused-ring (bicyclic) bond motifs is 4. The van der Waals surface area contributed by atoms with Gasteiger partial charge >= 0.3 is 24.2 Å². The van der Waals surface area contributed by atoms with Gasteiger partial charge in [-0.05, 0) is 119 Å². The van der Waals surface area contributed by atoms with E-state index in [-0.39, 0.29) is 58.3 Å². The molecule has 6 atom stereocenters. The van der Waals surface area contributed by atoms with E-state index < -0.39 is 101 Å². The molecule has 514 valence electrons. The molecule has 4 aromatic heterocycles. The van der Waals surface area contributed by atoms with Crippen molar-refractivity contribution >= 4 is 91.5 Å². The quantitative estimate of drug-likeness (QED) is 0.0245. The molecule has 0 radical (unpaired) electrons. The number of benzene rings is 5. The predicted molar refractivity (Wildman–Crippen MR) is 368 cm³/mol. The maximum absolute atomic E-state index is 15.7. The number of aromatic amines is 2. The molecule has 23 heteroatoms. The fourth-order valence-electron chi connectivity index (χ4n) is 13.3. The molecular formula is C75H85N9O14. The largest absolute Gasteiger partial charge is 0.467 e. The van der Waals surface area contributed by atoms with E-state index in [2.05, 4.69) is 36.6 Å². The van der Waals surface area contributed by atoms with Crippen LogP contribution in [0.5, 0.6) is 0 Å². The minimum atomic E-state index is -1.46. The van der Waals surface area contributed by atoms with E-state index in [0.717, 1.165) is 32.9 Å². The Hall–Kier alpha value is -10.3. The van der Waals surface area contributed by atoms with Crippen molar-refractivity contribution in [3.63, 3.8) is 0 Å². The van der Waals surface area contributed by atoms with Crippen LogP contribution in [0.3, 0.4) is 0 Å². The Balaban J connectivity index is 0.874. The average Bonchev–Trinajstić information content (AvgIpc) is 0.796. The third-order valence-electron chi connectivity index (χ3n) is 17.8. The van der Waals surface area contributed by atoms with Crippen molar-refractivity contribution < 1.29 is 66.8 Å². The number of esters is 1. The molecule has 11 rings (SSSR count). The molecule has 1 aliphatic heterocycles. The molecule has 7 N–H and O–H groups in total. The van der Waals surface area contributed by atoms with Crippen LogP contribution in [0, 0.1) is 5.92 Å². The van der Waals surface area contributed by atoms with Gasteiger partial charge in [0.15, 0.2) is 5.79 Å². The number of hydrogen-bond acceptors (Lipinski definition) is 14. The van der Waals surface area contributed by atoms with E-state index in [0.29, 0.717) is 64.2 Å². The fraction of sp³-hybridized carbons (Fsp3) is 0.387. The molecule has 23 nitrogen and oxygen atoms in total. The highest BCUT2D eigenvalue weighted by Crippen LogP contribution is 2.43. The summed E-state index contributed by atoms with van der Waals surface area (Å²) in [6.07, 6.45) is 6.43. The number of carbonyl (C=O) groups is 8. The molecule has 9 aromatic rings. The van der Waals surface area contributed by atoms with Crippen LogP contribution in [0.25, 0.3) is 43.6 Å². The maximum Gasteiger partial charge on any atom is 0.419 e. The van der Waals surface area contributed by atoms with Gasteiger partial charge in [0.1, 0.15) is 42.0 Å². The first-order valence-electron chi connectivity index (χ1n) is 33.3. The van der Waals surface area contributed by atoms with Crippen molar-refractivity contribution in [2.24, 2.45) is 5.92 Å². The number of para-hydroxylation sites is 4. The summed E-state index contributed by atoms with van der Waals surface area (Å²) in [6, 6.07) is 32.5. The van der Waals surface area contributed by atoms with Crippen molar-refractivity contribution in [1.29, 1.82) is 0 Å². The number of nitrogens with one attached hydrogen (secondary N) is 7. The number of carbonyl (C=O) groups excluding carboxylic acids is 8. The topological polar surface area (TPSA) is 294 Å². The summed E-state index contributed by atoms with van der Waals surface area (Å²) in [5, 5.41) is 17.8. The van der Waals surface area contributed by atoms with Gasteiger partial charge in [0.2, 0.25) is 23.6 Å². The molecule has 1 saturated heterocycles. The van der Waals surface area contributed by atoms with Gasteiger partial charge < -0.3 is 65.0 Å². The minimum absolute atomic E-state index is 0.0726. The van der Waals surface area contributed by atoms with Gasteiger partial charge in [0.05, 0.1) is 37.4 Å². The van der Waals surface area contributed by atoms with E-state index in [4.69, 9.17) is 28.4 Å². The summed E-state index contributed by atoms with van der Waals surface area (Å²) in [5.74, 6) is -5.09. The first kappa shape index (κ1) is 69.1. The zero-order valence-corrected chi connectivity index (χ0v) is 56.2. The highest BCUT2D eigenvalue weighted by Gasteiger charge is 2.52. The zero-order chi connectivity index (χ0) is 69.3. The Labute approximate surface area is 567 Å². The Kier molecular flexibility index (Phi) is 21.2. The average molecular weight is 1340 g/mol. The lowest BCUT2D eigenvalue weighted by atomic mass is 9.76. The molecule has 0 bridgehead atoms. The lowest BCUT2D eigenvalue weighted by Crippen LogP contribution is -2.65. The molecule has 2 aliphatic rings. The lowest BCUT2D eigenvalue weighted by Gasteiger charge is -2.50. The number of rotatable bonds is 22. The number of nitrogens with zero attached hydrogens (tertiary/aromatic N) is 2. The van der Waals surface area contributed by atoms with Crippen molar-refractivity contribution in [2.45, 2.75) is 160 Å². The maximum atomic E-state index is 15.7. The van der Waals surface area contributed by atoms with E-state index in [9.17, 15) is 28.8 Å². The molecule has 1 aliphatic carbocycles. The van der Waals surface area contributed by atoms with Crippen molar-refractivity contribution in [1.82, 2.24) is 45.7 Å². The van der Waals surface area contributed by atoms with Crippen LogP contribution in [0.4, 0.5) is 14.4 Å². The number of hydrogen-bond donors (Lipinski definition) is 7. The summed E-state index contributed by atoms with van der Waals surface area (Å²) in [7, 11) is 1.26. The fourth-order valence-corrected chi connectivity index (χ4v) is 13.3. The summed E-state index contributed by atoms with van der Waals surface area (Å²) >= 11 is 0. The van der Waals surface area contributed by atoms with Crippen LogP contribution in [0.2, 0.25) is 0 Å². The van der Waals surface area contributed by atoms with Crippen LogP contribution < -0.4 is 26.6 Å². The summed E-state index contributed by atoms with van der Waals surface area (Å²) < 4.78 is 38.7. The van der Waals surface area contributed by atoms with Crippen LogP contribution in [-0.2, 0) is 84.7 Å². The molecule has 5 aromatic carbocycles. The third-order valence-corrected chi connectivity index (χ3v) is 17.8. The first-order chi connectivity index (χ1) is 47.0. The number of aromatic nitrogens is 4. The Morgan fingerprint density at radius 1 is 0.541 bits per heavy atom. The van der Waals surface area contributed by atoms with Crippen LogP contribution >= 0.6 is 0 Å². The number of methoxy groups -OCH3 is 1. The standard InChI is InChI=1S/C75H85N9O14/c1-73(2,3)97-71(91)83-43-49(54-26-13-17-30-62(54)83)39-59(79-67(87)60(81-70(90)94-45-46-21-9-8-10-22-46)40-50-44-84(72(92)98-74(4,5)6)63-31-18-14-27-55(50)63)68(88)82-64-32-19-23-51(75(64)95-35-20-36-96-75)33-34-65(85)78-58(37-47-41-76-56-28-15-11-24-52(47)56)66(86)80-61(69(89)93-7)38-48-42-77-57-29-16-12-25-53(48)57/h8-18,21-22,24-31,41-44,51,58-61,64,76-77H,19-20,23,32-40,45H2,1-7H3,(H,78,85)(H,79,87)(H,80,86)(H,81,90)(H,82,88)/t51-,58+,59+,60+,61+,64-/m1/s1. The van der Waals surface area contributed by atoms with Gasteiger partial charge in [-0.1, -0.05) is 110 Å². The number of ether oxygens (including phenoxy) is 6. The molecular weight excluding hydrogens is 1250 g/mol. The second kappa shape index (κ2) is 30.0. The van der Waals surface area contributed by atoms with Crippen LogP contribution in [-0.4, -0.2) is 135 Å². The van der Waals surface area contributed by atoms with Crippen LogP contribution in [0.1, 0.15) is 108 Å². The normalized spacial score (nSPS) is 16.7. The Morgan fingerprint density at radius 2 is 1.01 bits per heavy atom. The molecule has 5 heterocycles. The lowest BCUT2D eigenvalue weighted by molar-refractivity contribution is -0.317. The van der Waals surface area contributed by atoms with E-state index in [1.807, 2.05) is 54.6 Å². The summed E-state index contributed by atoms with van der Waals surface area (Å²) in [6.45, 7) is 10.9. The van der Waals surface area contributed by atoms with Gasteiger partial charge in [0, 0.05) is 95.4 Å². The van der Waals surface area contributed by atoms with Gasteiger partial charge in [-0.25, -0.2) is 19.2 Å². The molecule has 2 fully saturated rings. The Bertz CT molecular complexity index is 4380. The summed E-state index contributed by atoms with van der Waals surface area (Å²) in [5.41, 5.74) is 4.21. The van der Waals surface area contributed by atoms with Crippen molar-refractivity contribution in [3.8, 4) is 0 Å². The first-order valence-corrected chi connectivity index (χ1v) is 33.3. The molecule has 98 heavy (non-hydrogen) atoms. The molecule has 0 unspecified atom stereocenters. The Morgan fingerprint density at radius 3 is 1.55 bits per heavy atom. The SMILES string of the molecule is COC(=O)[C@H](Cc1c[nH]c2ccccc12)NC(=O)[C@H](Cc1c[nH]c2ccccc12)NC(=O)CC[C@H]1CCC[C@@H](NC(=O)[C@H](Cc2cn(C(=O)OC(C)(C)C)c3ccccc23)NC(=O)[C@H](Cc2cn(C(=O)OC(C)(C)C)c3ccccc23)NC(=O)OCc2ccccc2)C12OCCCO2. The molecule has 5 amide bonds. The third kappa shape index (κ3) is 16.4. The highest BCUT2D eigenvalue weighted by molar-refractivity contribution is 5.97. The van der Waals surface area contributed by atoms with E-state index in [1.54, 1.807) is 139 Å². The molecule has 1 spiro atoms. The number of alkyl carbamates (subject to hydrolysis) is 1. The van der Waals surface area contributed by atoms with E-state index >= 15 is 9.59 Å².